The van der Waals surface area contributed by atoms with Gasteiger partial charge in [0.05, 0.1) is 18.2 Å². The molecule has 2 N–H and O–H groups in total. The maximum absolute atomic E-state index is 6.36. The van der Waals surface area contributed by atoms with E-state index in [9.17, 15) is 0 Å². The summed E-state index contributed by atoms with van der Waals surface area (Å²) in [5.74, 6) is 0. The van der Waals surface area contributed by atoms with Crippen LogP contribution in [0.1, 0.15) is 18.0 Å². The normalized spacial score (nSPS) is 23.0. The van der Waals surface area contributed by atoms with Crippen LogP contribution >= 0.6 is 11.6 Å². The zero-order valence-electron chi connectivity index (χ0n) is 12.1. The van der Waals surface area contributed by atoms with Crippen molar-refractivity contribution < 1.29 is 4.74 Å². The second kappa shape index (κ2) is 6.28. The number of fused-ring (bicyclic) bond motifs is 1. The zero-order valence-corrected chi connectivity index (χ0v) is 12.9. The molecular formula is C16H20ClN3O. The zero-order chi connectivity index (χ0) is 14.8. The summed E-state index contributed by atoms with van der Waals surface area (Å²) in [5.41, 5.74) is 8.48. The smallest absolute Gasteiger partial charge is 0.0765 e. The minimum absolute atomic E-state index is 0.119. The molecule has 1 aromatic carbocycles. The van der Waals surface area contributed by atoms with E-state index >= 15 is 0 Å². The van der Waals surface area contributed by atoms with Crippen molar-refractivity contribution in [1.82, 2.24) is 9.88 Å². The minimum Gasteiger partial charge on any atom is -0.383 e. The predicted octanol–water partition coefficient (Wildman–Crippen LogP) is 2.61. The molecule has 0 aliphatic carbocycles. The van der Waals surface area contributed by atoms with Crippen molar-refractivity contribution >= 4 is 22.5 Å². The van der Waals surface area contributed by atoms with Gasteiger partial charge in [0.15, 0.2) is 0 Å². The lowest BCUT2D eigenvalue weighted by atomic mass is 9.97. The molecular weight excluding hydrogens is 286 g/mol. The van der Waals surface area contributed by atoms with Gasteiger partial charge in [0.1, 0.15) is 0 Å². The molecule has 0 radical (unpaired) electrons. The Kier molecular flexibility index (Phi) is 4.40. The van der Waals surface area contributed by atoms with Crippen molar-refractivity contribution in [2.45, 2.75) is 18.5 Å². The molecule has 0 saturated carbocycles. The van der Waals surface area contributed by atoms with Gasteiger partial charge in [-0.1, -0.05) is 17.7 Å². The number of rotatable bonds is 4. The molecule has 3 rings (SSSR count). The Hall–Kier alpha value is -1.20. The van der Waals surface area contributed by atoms with Gasteiger partial charge in [0, 0.05) is 42.8 Å². The minimum atomic E-state index is 0.119. The topological polar surface area (TPSA) is 51.4 Å². The van der Waals surface area contributed by atoms with E-state index < -0.39 is 0 Å². The number of ether oxygens (including phenoxy) is 1. The molecule has 1 saturated heterocycles. The third-order valence-corrected chi connectivity index (χ3v) is 4.53. The maximum Gasteiger partial charge on any atom is 0.0765 e. The van der Waals surface area contributed by atoms with Gasteiger partial charge < -0.3 is 10.5 Å². The highest BCUT2D eigenvalue weighted by Crippen LogP contribution is 2.36. The van der Waals surface area contributed by atoms with Crippen LogP contribution in [0.15, 0.2) is 30.5 Å². The molecule has 1 aliphatic rings. The van der Waals surface area contributed by atoms with Crippen molar-refractivity contribution in [3.05, 3.63) is 41.0 Å². The fourth-order valence-electron chi connectivity index (χ4n) is 3.17. The monoisotopic (exact) mass is 305 g/mol. The molecule has 0 spiro atoms. The molecule has 5 heteroatoms. The molecule has 0 bridgehead atoms. The van der Waals surface area contributed by atoms with E-state index in [2.05, 4.69) is 16.0 Å². The van der Waals surface area contributed by atoms with Crippen molar-refractivity contribution in [2.24, 2.45) is 5.73 Å². The number of nitrogens with two attached hydrogens (primary N) is 1. The molecule has 1 aromatic heterocycles. The standard InChI is InChI=1S/C16H20ClN3O/c1-21-10-9-20-8-6-14(18)16(20)12-4-5-13(17)11-3-2-7-19-15(11)12/h2-5,7,14,16H,6,8-10,18H2,1H3. The Labute approximate surface area is 129 Å². The van der Waals surface area contributed by atoms with Gasteiger partial charge >= 0.3 is 0 Å². The molecule has 2 aromatic rings. The largest absolute Gasteiger partial charge is 0.383 e. The van der Waals surface area contributed by atoms with Gasteiger partial charge in [-0.05, 0) is 30.2 Å². The third-order valence-electron chi connectivity index (χ3n) is 4.20. The van der Waals surface area contributed by atoms with E-state index in [1.807, 2.05) is 24.4 Å². The van der Waals surface area contributed by atoms with Gasteiger partial charge in [-0.3, -0.25) is 9.88 Å². The van der Waals surface area contributed by atoms with Crippen LogP contribution in [0.3, 0.4) is 0 Å². The Morgan fingerprint density at radius 1 is 1.43 bits per heavy atom. The van der Waals surface area contributed by atoms with Crippen LogP contribution in [0.25, 0.3) is 10.9 Å². The van der Waals surface area contributed by atoms with Crippen molar-refractivity contribution in [1.29, 1.82) is 0 Å². The summed E-state index contributed by atoms with van der Waals surface area (Å²) in [6.45, 7) is 2.58. The summed E-state index contributed by atoms with van der Waals surface area (Å²) in [6.07, 6.45) is 2.80. The SMILES string of the molecule is COCCN1CCC(N)C1c1ccc(Cl)c2cccnc12. The quantitative estimate of drug-likeness (QED) is 0.943. The van der Waals surface area contributed by atoms with Gasteiger partial charge in [-0.25, -0.2) is 0 Å². The lowest BCUT2D eigenvalue weighted by Crippen LogP contribution is -2.34. The highest BCUT2D eigenvalue weighted by Gasteiger charge is 2.34. The van der Waals surface area contributed by atoms with Crippen molar-refractivity contribution in [3.63, 3.8) is 0 Å². The fraction of sp³-hybridized carbons (Fsp3) is 0.438. The van der Waals surface area contributed by atoms with Gasteiger partial charge in [-0.2, -0.15) is 0 Å². The van der Waals surface area contributed by atoms with E-state index in [1.165, 1.54) is 0 Å². The Morgan fingerprint density at radius 3 is 3.10 bits per heavy atom. The van der Waals surface area contributed by atoms with Crippen LogP contribution in [-0.2, 0) is 4.74 Å². The van der Waals surface area contributed by atoms with Crippen LogP contribution in [0.5, 0.6) is 0 Å². The Balaban J connectivity index is 2.04. The Bertz CT molecular complexity index is 634. The molecule has 1 aliphatic heterocycles. The van der Waals surface area contributed by atoms with Crippen LogP contribution < -0.4 is 5.73 Å². The highest BCUT2D eigenvalue weighted by molar-refractivity contribution is 6.35. The third kappa shape index (κ3) is 2.77. The molecule has 4 nitrogen and oxygen atoms in total. The van der Waals surface area contributed by atoms with Gasteiger partial charge in [0.25, 0.3) is 0 Å². The summed E-state index contributed by atoms with van der Waals surface area (Å²) in [6, 6.07) is 8.22. The summed E-state index contributed by atoms with van der Waals surface area (Å²) >= 11 is 6.29. The first-order valence-corrected chi connectivity index (χ1v) is 7.62. The number of hydrogen-bond acceptors (Lipinski definition) is 4. The maximum atomic E-state index is 6.36. The number of likely N-dealkylation sites (tertiary alicyclic amines) is 1. The summed E-state index contributed by atoms with van der Waals surface area (Å²) in [4.78, 5) is 6.92. The molecule has 1 fully saturated rings. The average Bonchev–Trinajstić information content (AvgIpc) is 2.87. The van der Waals surface area contributed by atoms with E-state index in [0.29, 0.717) is 6.61 Å². The molecule has 2 atom stereocenters. The number of hydrogen-bond donors (Lipinski definition) is 1. The second-order valence-electron chi connectivity index (χ2n) is 5.46. The second-order valence-corrected chi connectivity index (χ2v) is 5.87. The first-order chi connectivity index (χ1) is 10.2. The molecule has 2 heterocycles. The first-order valence-electron chi connectivity index (χ1n) is 7.24. The molecule has 21 heavy (non-hydrogen) atoms. The average molecular weight is 306 g/mol. The van der Waals surface area contributed by atoms with Crippen LogP contribution in [0.4, 0.5) is 0 Å². The number of benzene rings is 1. The lowest BCUT2D eigenvalue weighted by Gasteiger charge is -2.27. The fourth-order valence-corrected chi connectivity index (χ4v) is 3.38. The Morgan fingerprint density at radius 2 is 2.29 bits per heavy atom. The van der Waals surface area contributed by atoms with E-state index in [4.69, 9.17) is 22.1 Å². The summed E-state index contributed by atoms with van der Waals surface area (Å²) in [7, 11) is 1.73. The molecule has 112 valence electrons. The van der Waals surface area contributed by atoms with Crippen LogP contribution in [0.2, 0.25) is 5.02 Å². The number of nitrogens with zero attached hydrogens (tertiary/aromatic N) is 2. The number of methoxy groups -OCH3 is 1. The van der Waals surface area contributed by atoms with Gasteiger partial charge in [-0.15, -0.1) is 0 Å². The number of aromatic nitrogens is 1. The summed E-state index contributed by atoms with van der Waals surface area (Å²) in [5, 5.41) is 1.72. The van der Waals surface area contributed by atoms with E-state index in [0.717, 1.165) is 41.0 Å². The number of halogens is 1. The predicted molar refractivity (Wildman–Crippen MR) is 85.5 cm³/mol. The highest BCUT2D eigenvalue weighted by atomic mass is 35.5. The molecule has 0 amide bonds. The van der Waals surface area contributed by atoms with Crippen molar-refractivity contribution in [2.75, 3.05) is 26.8 Å². The summed E-state index contributed by atoms with van der Waals surface area (Å²) < 4.78 is 5.21. The van der Waals surface area contributed by atoms with Crippen LogP contribution in [0, 0.1) is 0 Å². The first kappa shape index (κ1) is 14.7. The molecule has 2 unspecified atom stereocenters. The lowest BCUT2D eigenvalue weighted by molar-refractivity contribution is 0.139. The van der Waals surface area contributed by atoms with Crippen LogP contribution in [-0.4, -0.2) is 42.7 Å². The van der Waals surface area contributed by atoms with E-state index in [-0.39, 0.29) is 12.1 Å². The van der Waals surface area contributed by atoms with Gasteiger partial charge in [0.2, 0.25) is 0 Å². The number of pyridine rings is 1. The van der Waals surface area contributed by atoms with E-state index in [1.54, 1.807) is 7.11 Å². The van der Waals surface area contributed by atoms with Crippen molar-refractivity contribution in [3.8, 4) is 0 Å².